The van der Waals surface area contributed by atoms with Gasteiger partial charge in [0.2, 0.25) is 0 Å². The van der Waals surface area contributed by atoms with Crippen LogP contribution in [0.5, 0.6) is 0 Å². The van der Waals surface area contributed by atoms with Gasteiger partial charge in [-0.2, -0.15) is 0 Å². The van der Waals surface area contributed by atoms with Crippen LogP contribution in [0, 0.1) is 0 Å². The number of amides is 1. The normalized spacial score (nSPS) is 12.4. The van der Waals surface area contributed by atoms with Crippen LogP contribution in [0.4, 0.5) is 0 Å². The molecular weight excluding hydrogens is 270 g/mol. The van der Waals surface area contributed by atoms with Gasteiger partial charge in [-0.3, -0.25) is 9.78 Å². The van der Waals surface area contributed by atoms with E-state index in [4.69, 9.17) is 0 Å². The topological polar surface area (TPSA) is 54.9 Å². The number of carbonyl (C=O) groups excluding carboxylic acids is 1. The maximum absolute atomic E-state index is 12.2. The van der Waals surface area contributed by atoms with E-state index in [0.717, 1.165) is 17.7 Å². The van der Waals surface area contributed by atoms with E-state index in [9.17, 15) is 4.79 Å². The molecule has 5 heteroatoms. The van der Waals surface area contributed by atoms with Gasteiger partial charge in [0, 0.05) is 17.8 Å². The van der Waals surface area contributed by atoms with Crippen molar-refractivity contribution in [3.63, 3.8) is 0 Å². The van der Waals surface area contributed by atoms with Crippen molar-refractivity contribution in [2.24, 2.45) is 0 Å². The molecule has 0 radical (unpaired) electrons. The van der Waals surface area contributed by atoms with Gasteiger partial charge < -0.3 is 5.32 Å². The molecule has 2 heterocycles. The minimum absolute atomic E-state index is 0.0254. The second-order valence-corrected chi connectivity index (χ2v) is 5.81. The van der Waals surface area contributed by atoms with Crippen molar-refractivity contribution in [2.75, 3.05) is 0 Å². The summed E-state index contributed by atoms with van der Waals surface area (Å²) in [6.07, 6.45) is 4.34. The quantitative estimate of drug-likeness (QED) is 0.916. The second kappa shape index (κ2) is 6.61. The zero-order valence-electron chi connectivity index (χ0n) is 12.0. The molecule has 0 aliphatic heterocycles. The van der Waals surface area contributed by atoms with Gasteiger partial charge >= 0.3 is 0 Å². The Hall–Kier alpha value is -1.75. The lowest BCUT2D eigenvalue weighted by molar-refractivity contribution is 0.0935. The van der Waals surface area contributed by atoms with Crippen LogP contribution < -0.4 is 5.32 Å². The van der Waals surface area contributed by atoms with Crippen molar-refractivity contribution in [3.05, 3.63) is 46.2 Å². The fourth-order valence-corrected chi connectivity index (χ4v) is 2.76. The van der Waals surface area contributed by atoms with Crippen LogP contribution in [-0.4, -0.2) is 15.9 Å². The molecular formula is C15H19N3OS. The third-order valence-electron chi connectivity index (χ3n) is 3.11. The molecule has 1 N–H and O–H groups in total. The van der Waals surface area contributed by atoms with Crippen LogP contribution in [0.25, 0.3) is 0 Å². The Morgan fingerprint density at radius 1 is 1.45 bits per heavy atom. The SMILES string of the molecule is CC[C@H](NC(=O)c1nc(C(C)C)cs1)c1cccnc1. The molecule has 0 unspecified atom stereocenters. The van der Waals surface area contributed by atoms with Crippen molar-refractivity contribution < 1.29 is 4.79 Å². The van der Waals surface area contributed by atoms with Crippen LogP contribution in [0.1, 0.15) is 60.2 Å². The standard InChI is InChI=1S/C15H19N3OS/c1-4-12(11-6-5-7-16-8-11)17-14(19)15-18-13(9-20-15)10(2)3/h5-10,12H,4H2,1-3H3,(H,17,19)/t12-/m0/s1. The summed E-state index contributed by atoms with van der Waals surface area (Å²) in [6.45, 7) is 6.18. The van der Waals surface area contributed by atoms with Gasteiger partial charge in [0.25, 0.3) is 5.91 Å². The molecule has 1 atom stereocenters. The smallest absolute Gasteiger partial charge is 0.280 e. The fraction of sp³-hybridized carbons (Fsp3) is 0.400. The maximum atomic E-state index is 12.2. The molecule has 0 saturated heterocycles. The largest absolute Gasteiger partial charge is 0.343 e. The average molecular weight is 289 g/mol. The molecule has 4 nitrogen and oxygen atoms in total. The molecule has 0 aliphatic carbocycles. The van der Waals surface area contributed by atoms with E-state index in [1.807, 2.05) is 24.4 Å². The van der Waals surface area contributed by atoms with E-state index in [1.165, 1.54) is 11.3 Å². The van der Waals surface area contributed by atoms with Gasteiger partial charge in [0.15, 0.2) is 5.01 Å². The number of aromatic nitrogens is 2. The number of hydrogen-bond acceptors (Lipinski definition) is 4. The Morgan fingerprint density at radius 3 is 2.80 bits per heavy atom. The van der Waals surface area contributed by atoms with Crippen molar-refractivity contribution in [1.29, 1.82) is 0 Å². The second-order valence-electron chi connectivity index (χ2n) is 4.95. The van der Waals surface area contributed by atoms with E-state index in [0.29, 0.717) is 10.9 Å². The van der Waals surface area contributed by atoms with Crippen molar-refractivity contribution >= 4 is 17.2 Å². The summed E-state index contributed by atoms with van der Waals surface area (Å²) < 4.78 is 0. The highest BCUT2D eigenvalue weighted by Crippen LogP contribution is 2.20. The lowest BCUT2D eigenvalue weighted by atomic mass is 10.1. The first-order valence-corrected chi connectivity index (χ1v) is 7.66. The van der Waals surface area contributed by atoms with Gasteiger partial charge in [-0.25, -0.2) is 4.98 Å². The maximum Gasteiger partial charge on any atom is 0.280 e. The van der Waals surface area contributed by atoms with E-state index < -0.39 is 0 Å². The number of rotatable bonds is 5. The lowest BCUT2D eigenvalue weighted by Crippen LogP contribution is -2.28. The average Bonchev–Trinajstić information content (AvgIpc) is 2.95. The number of nitrogens with one attached hydrogen (secondary N) is 1. The molecule has 0 aromatic carbocycles. The van der Waals surface area contributed by atoms with E-state index >= 15 is 0 Å². The van der Waals surface area contributed by atoms with Gasteiger partial charge in [0.05, 0.1) is 11.7 Å². The highest BCUT2D eigenvalue weighted by molar-refractivity contribution is 7.11. The monoisotopic (exact) mass is 289 g/mol. The van der Waals surface area contributed by atoms with Crippen LogP contribution >= 0.6 is 11.3 Å². The molecule has 2 aromatic rings. The minimum Gasteiger partial charge on any atom is -0.343 e. The number of pyridine rings is 1. The lowest BCUT2D eigenvalue weighted by Gasteiger charge is -2.16. The molecule has 1 amide bonds. The Morgan fingerprint density at radius 2 is 2.25 bits per heavy atom. The third kappa shape index (κ3) is 3.42. The Bertz CT molecular complexity index is 566. The molecule has 106 valence electrons. The van der Waals surface area contributed by atoms with E-state index in [1.54, 1.807) is 12.4 Å². The summed E-state index contributed by atoms with van der Waals surface area (Å²) in [5, 5.41) is 5.49. The molecule has 0 bridgehead atoms. The van der Waals surface area contributed by atoms with E-state index in [-0.39, 0.29) is 11.9 Å². The Labute approximate surface area is 123 Å². The number of hydrogen-bond donors (Lipinski definition) is 1. The van der Waals surface area contributed by atoms with Gasteiger partial charge in [-0.05, 0) is 24.0 Å². The van der Waals surface area contributed by atoms with Gasteiger partial charge in [0.1, 0.15) is 0 Å². The summed E-state index contributed by atoms with van der Waals surface area (Å²) in [4.78, 5) is 20.7. The first kappa shape index (κ1) is 14.7. The van der Waals surface area contributed by atoms with Crippen LogP contribution in [0.3, 0.4) is 0 Å². The number of thiazole rings is 1. The Kier molecular flexibility index (Phi) is 4.84. The van der Waals surface area contributed by atoms with Crippen LogP contribution in [0.2, 0.25) is 0 Å². The zero-order valence-corrected chi connectivity index (χ0v) is 12.8. The van der Waals surface area contributed by atoms with Gasteiger partial charge in [-0.1, -0.05) is 26.8 Å². The summed E-state index contributed by atoms with van der Waals surface area (Å²) in [6, 6.07) is 3.83. The van der Waals surface area contributed by atoms with Crippen molar-refractivity contribution in [1.82, 2.24) is 15.3 Å². The summed E-state index contributed by atoms with van der Waals surface area (Å²) in [5.41, 5.74) is 1.98. The summed E-state index contributed by atoms with van der Waals surface area (Å²) in [5.74, 6) is 0.227. The van der Waals surface area contributed by atoms with Crippen LogP contribution in [-0.2, 0) is 0 Å². The summed E-state index contributed by atoms with van der Waals surface area (Å²) in [7, 11) is 0. The molecule has 20 heavy (non-hydrogen) atoms. The molecule has 0 spiro atoms. The molecule has 0 fully saturated rings. The van der Waals surface area contributed by atoms with E-state index in [2.05, 4.69) is 29.1 Å². The summed E-state index contributed by atoms with van der Waals surface area (Å²) >= 11 is 1.39. The first-order valence-electron chi connectivity index (χ1n) is 6.78. The van der Waals surface area contributed by atoms with Crippen molar-refractivity contribution in [3.8, 4) is 0 Å². The third-order valence-corrected chi connectivity index (χ3v) is 3.97. The molecule has 0 aliphatic rings. The molecule has 0 saturated carbocycles. The minimum atomic E-state index is -0.113. The highest BCUT2D eigenvalue weighted by atomic mass is 32.1. The first-order chi connectivity index (χ1) is 9.61. The molecule has 2 rings (SSSR count). The van der Waals surface area contributed by atoms with Crippen LogP contribution in [0.15, 0.2) is 29.9 Å². The highest BCUT2D eigenvalue weighted by Gasteiger charge is 2.17. The fourth-order valence-electron chi connectivity index (χ4n) is 1.88. The predicted molar refractivity (Wildman–Crippen MR) is 80.9 cm³/mol. The van der Waals surface area contributed by atoms with Crippen molar-refractivity contribution in [2.45, 2.75) is 39.2 Å². The van der Waals surface area contributed by atoms with Gasteiger partial charge in [-0.15, -0.1) is 11.3 Å². The predicted octanol–water partition coefficient (Wildman–Crippen LogP) is 3.54. The molecule has 2 aromatic heterocycles. The number of nitrogens with zero attached hydrogens (tertiary/aromatic N) is 2. The Balaban J connectivity index is 2.09. The number of carbonyl (C=O) groups is 1. The zero-order chi connectivity index (χ0) is 14.5.